The van der Waals surface area contributed by atoms with Crippen molar-refractivity contribution in [2.24, 2.45) is 0 Å². The largest absolute Gasteiger partial charge is 0.444 e. The summed E-state index contributed by atoms with van der Waals surface area (Å²) >= 11 is 0. The van der Waals surface area contributed by atoms with E-state index in [9.17, 15) is 9.59 Å². The first-order valence-electron chi connectivity index (χ1n) is 11.6. The standard InChI is InChI=1S/C24H44N2O5Si/c1-22(2,3)29-20(27)25-13-12-17(15-25)19-14-18(31-32(10,11)24(7,8)9)16-26(19)21(28)30-23(4,5)6/h12,18-19H,13-16H2,1-11H3/t18-,19+/m1/s1. The van der Waals surface area contributed by atoms with Crippen molar-refractivity contribution in [3.05, 3.63) is 11.6 Å². The zero-order chi connectivity index (χ0) is 24.7. The Bertz CT molecular complexity index is 743. The number of rotatable bonds is 3. The van der Waals surface area contributed by atoms with E-state index in [1.807, 2.05) is 47.6 Å². The Kier molecular flexibility index (Phi) is 7.52. The molecule has 0 aromatic carbocycles. The van der Waals surface area contributed by atoms with E-state index in [-0.39, 0.29) is 29.4 Å². The van der Waals surface area contributed by atoms with Gasteiger partial charge in [0.15, 0.2) is 8.32 Å². The van der Waals surface area contributed by atoms with Gasteiger partial charge in [0.1, 0.15) is 11.2 Å². The van der Waals surface area contributed by atoms with Crippen molar-refractivity contribution in [1.29, 1.82) is 0 Å². The van der Waals surface area contributed by atoms with Crippen LogP contribution < -0.4 is 0 Å². The van der Waals surface area contributed by atoms with Gasteiger partial charge in [0.25, 0.3) is 0 Å². The normalized spacial score (nSPS) is 22.8. The molecule has 0 N–H and O–H groups in total. The lowest BCUT2D eigenvalue weighted by molar-refractivity contribution is 0.0226. The highest BCUT2D eigenvalue weighted by Crippen LogP contribution is 2.40. The van der Waals surface area contributed by atoms with Gasteiger partial charge in [-0.2, -0.15) is 0 Å². The summed E-state index contributed by atoms with van der Waals surface area (Å²) in [6, 6.07) is -0.146. The molecule has 0 unspecified atom stereocenters. The van der Waals surface area contributed by atoms with Crippen LogP contribution in [0.4, 0.5) is 9.59 Å². The minimum atomic E-state index is -1.99. The van der Waals surface area contributed by atoms with E-state index in [4.69, 9.17) is 13.9 Å². The molecule has 0 aliphatic carbocycles. The average Bonchev–Trinajstić information content (AvgIpc) is 3.16. The maximum Gasteiger partial charge on any atom is 0.410 e. The van der Waals surface area contributed by atoms with Crippen LogP contribution in [0.1, 0.15) is 68.7 Å². The maximum absolute atomic E-state index is 13.1. The van der Waals surface area contributed by atoms with Crippen LogP contribution >= 0.6 is 0 Å². The maximum atomic E-state index is 13.1. The third-order valence-electron chi connectivity index (χ3n) is 6.19. The second kappa shape index (κ2) is 9.01. The Morgan fingerprint density at radius 3 is 1.97 bits per heavy atom. The van der Waals surface area contributed by atoms with Crippen LogP contribution in [-0.2, 0) is 13.9 Å². The van der Waals surface area contributed by atoms with Crippen molar-refractivity contribution in [3.8, 4) is 0 Å². The number of hydrogen-bond acceptors (Lipinski definition) is 5. The van der Waals surface area contributed by atoms with Gasteiger partial charge in [0.2, 0.25) is 0 Å². The van der Waals surface area contributed by atoms with Crippen LogP contribution in [0.25, 0.3) is 0 Å². The van der Waals surface area contributed by atoms with Gasteiger partial charge in [0.05, 0.1) is 12.1 Å². The minimum Gasteiger partial charge on any atom is -0.444 e. The smallest absolute Gasteiger partial charge is 0.410 e. The topological polar surface area (TPSA) is 68.3 Å². The van der Waals surface area contributed by atoms with Gasteiger partial charge < -0.3 is 18.8 Å². The van der Waals surface area contributed by atoms with E-state index < -0.39 is 19.5 Å². The van der Waals surface area contributed by atoms with Gasteiger partial charge in [-0.3, -0.25) is 4.90 Å². The van der Waals surface area contributed by atoms with E-state index in [0.29, 0.717) is 26.1 Å². The Balaban J connectivity index is 2.18. The number of carbonyl (C=O) groups excluding carboxylic acids is 2. The summed E-state index contributed by atoms with van der Waals surface area (Å²) < 4.78 is 17.9. The van der Waals surface area contributed by atoms with E-state index in [2.05, 4.69) is 33.9 Å². The summed E-state index contributed by atoms with van der Waals surface area (Å²) in [7, 11) is -1.99. The fourth-order valence-electron chi connectivity index (χ4n) is 3.63. The lowest BCUT2D eigenvalue weighted by atomic mass is 10.1. The van der Waals surface area contributed by atoms with Crippen molar-refractivity contribution in [1.82, 2.24) is 9.80 Å². The van der Waals surface area contributed by atoms with Crippen LogP contribution in [0.3, 0.4) is 0 Å². The summed E-state index contributed by atoms with van der Waals surface area (Å²) in [4.78, 5) is 29.1. The Hall–Kier alpha value is -1.54. The van der Waals surface area contributed by atoms with Crippen molar-refractivity contribution in [2.75, 3.05) is 19.6 Å². The number of amides is 2. The predicted octanol–water partition coefficient (Wildman–Crippen LogP) is 5.56. The number of hydrogen-bond donors (Lipinski definition) is 0. The number of ether oxygens (including phenoxy) is 2. The van der Waals surface area contributed by atoms with Crippen LogP contribution in [0, 0.1) is 0 Å². The molecule has 0 spiro atoms. The molecule has 7 nitrogen and oxygen atoms in total. The Labute approximate surface area is 195 Å². The zero-order valence-corrected chi connectivity index (χ0v) is 23.0. The molecule has 0 saturated carbocycles. The summed E-state index contributed by atoms with van der Waals surface area (Å²) in [6.07, 6.45) is 2.03. The lowest BCUT2D eigenvalue weighted by Gasteiger charge is -2.38. The molecule has 0 aromatic heterocycles. The Morgan fingerprint density at radius 1 is 0.938 bits per heavy atom. The predicted molar refractivity (Wildman–Crippen MR) is 129 cm³/mol. The van der Waals surface area contributed by atoms with Gasteiger partial charge in [-0.25, -0.2) is 9.59 Å². The first-order chi connectivity index (χ1) is 14.3. The molecule has 184 valence electrons. The molecule has 2 aliphatic rings. The van der Waals surface area contributed by atoms with Gasteiger partial charge >= 0.3 is 12.2 Å². The molecule has 0 radical (unpaired) electrons. The summed E-state index contributed by atoms with van der Waals surface area (Å²) in [6.45, 7) is 23.8. The number of likely N-dealkylation sites (tertiary alicyclic amines) is 1. The highest BCUT2D eigenvalue weighted by atomic mass is 28.4. The van der Waals surface area contributed by atoms with E-state index in [1.54, 1.807) is 9.80 Å². The first-order valence-corrected chi connectivity index (χ1v) is 14.5. The minimum absolute atomic E-state index is 0.0510. The summed E-state index contributed by atoms with van der Waals surface area (Å²) in [5, 5.41) is 0.0853. The molecule has 2 rings (SSSR count). The van der Waals surface area contributed by atoms with Gasteiger partial charge in [0, 0.05) is 19.6 Å². The first kappa shape index (κ1) is 26.7. The average molecular weight is 469 g/mol. The van der Waals surface area contributed by atoms with Crippen molar-refractivity contribution in [3.63, 3.8) is 0 Å². The van der Waals surface area contributed by atoms with Gasteiger partial charge in [-0.05, 0) is 71.7 Å². The van der Waals surface area contributed by atoms with Crippen molar-refractivity contribution in [2.45, 2.75) is 110 Å². The highest BCUT2D eigenvalue weighted by molar-refractivity contribution is 6.74. The molecule has 2 amide bonds. The quantitative estimate of drug-likeness (QED) is 0.400. The molecule has 0 aromatic rings. The summed E-state index contributed by atoms with van der Waals surface area (Å²) in [5.74, 6) is 0. The third kappa shape index (κ3) is 6.98. The van der Waals surface area contributed by atoms with Crippen LogP contribution in [0.2, 0.25) is 18.1 Å². The second-order valence-electron chi connectivity index (χ2n) is 12.5. The van der Waals surface area contributed by atoms with E-state index >= 15 is 0 Å². The van der Waals surface area contributed by atoms with Crippen LogP contribution in [0.15, 0.2) is 11.6 Å². The second-order valence-corrected chi connectivity index (χ2v) is 17.3. The molecule has 2 heterocycles. The van der Waals surface area contributed by atoms with Gasteiger partial charge in [-0.1, -0.05) is 26.8 Å². The molecule has 1 saturated heterocycles. The van der Waals surface area contributed by atoms with Crippen molar-refractivity contribution < 1.29 is 23.5 Å². The lowest BCUT2D eigenvalue weighted by Crippen LogP contribution is -2.45. The number of carbonyl (C=O) groups is 2. The van der Waals surface area contributed by atoms with E-state index in [0.717, 1.165) is 5.57 Å². The zero-order valence-electron chi connectivity index (χ0n) is 22.0. The van der Waals surface area contributed by atoms with Crippen LogP contribution in [0.5, 0.6) is 0 Å². The summed E-state index contributed by atoms with van der Waals surface area (Å²) in [5.41, 5.74) is -0.0761. The molecule has 0 bridgehead atoms. The number of nitrogens with zero attached hydrogens (tertiary/aromatic N) is 2. The fourth-order valence-corrected chi connectivity index (χ4v) is 4.99. The highest BCUT2D eigenvalue weighted by Gasteiger charge is 2.46. The fraction of sp³-hybridized carbons (Fsp3) is 0.833. The molecule has 2 aliphatic heterocycles. The molecule has 1 fully saturated rings. The third-order valence-corrected chi connectivity index (χ3v) is 10.7. The molecular weight excluding hydrogens is 424 g/mol. The molecule has 8 heteroatoms. The molecule has 32 heavy (non-hydrogen) atoms. The Morgan fingerprint density at radius 2 is 1.47 bits per heavy atom. The van der Waals surface area contributed by atoms with Gasteiger partial charge in [-0.15, -0.1) is 0 Å². The van der Waals surface area contributed by atoms with Crippen LogP contribution in [-0.4, -0.2) is 73.3 Å². The molecular formula is C24H44N2O5Si. The van der Waals surface area contributed by atoms with E-state index in [1.165, 1.54) is 0 Å². The monoisotopic (exact) mass is 468 g/mol. The SMILES string of the molecule is CC(C)(C)OC(=O)N1CC=C([C@@H]2C[C@@H](O[Si](C)(C)C(C)(C)C)CN2C(=O)OC(C)(C)C)C1. The molecule has 2 atom stereocenters. The van der Waals surface area contributed by atoms with Crippen molar-refractivity contribution >= 4 is 20.5 Å².